The lowest BCUT2D eigenvalue weighted by Crippen LogP contribution is -2.40. The summed E-state index contributed by atoms with van der Waals surface area (Å²) in [4.78, 5) is 2.63. The van der Waals surface area contributed by atoms with Gasteiger partial charge in [0.1, 0.15) is 0 Å². The van der Waals surface area contributed by atoms with Gasteiger partial charge in [0.15, 0.2) is 0 Å². The highest BCUT2D eigenvalue weighted by atomic mass is 35.5. The Morgan fingerprint density at radius 1 is 1.33 bits per heavy atom. The molecule has 1 aliphatic rings. The van der Waals surface area contributed by atoms with Crippen molar-refractivity contribution in [2.75, 3.05) is 32.7 Å². The molecule has 0 saturated carbocycles. The first-order chi connectivity index (χ1) is 7.38. The molecular weight excluding hydrogens is 210 g/mol. The maximum atomic E-state index is 5.84. The third-order valence-electron chi connectivity index (χ3n) is 3.24. The molecule has 2 nitrogen and oxygen atoms in total. The molecule has 1 atom stereocenters. The molecule has 0 N–H and O–H groups in total. The smallest absolute Gasteiger partial charge is 0.0462 e. The summed E-state index contributed by atoms with van der Waals surface area (Å²) in [5, 5.41) is 0. The Hall–Kier alpha value is 0.210. The van der Waals surface area contributed by atoms with Gasteiger partial charge in [-0.05, 0) is 45.2 Å². The Kier molecular flexibility index (Phi) is 7.41. The van der Waals surface area contributed by atoms with E-state index in [2.05, 4.69) is 4.90 Å². The van der Waals surface area contributed by atoms with Crippen LogP contribution in [0.25, 0.3) is 0 Å². The highest BCUT2D eigenvalue weighted by Gasteiger charge is 2.20. The van der Waals surface area contributed by atoms with Crippen molar-refractivity contribution in [1.29, 1.82) is 0 Å². The van der Waals surface area contributed by atoms with Crippen LogP contribution in [0.15, 0.2) is 0 Å². The van der Waals surface area contributed by atoms with Crippen molar-refractivity contribution in [1.82, 2.24) is 4.90 Å². The summed E-state index contributed by atoms with van der Waals surface area (Å²) in [6.07, 6.45) is 7.69. The summed E-state index contributed by atoms with van der Waals surface area (Å²) >= 11 is 5.84. The van der Waals surface area contributed by atoms with Crippen molar-refractivity contribution in [3.8, 4) is 0 Å². The van der Waals surface area contributed by atoms with E-state index in [1.54, 1.807) is 7.11 Å². The van der Waals surface area contributed by atoms with Crippen molar-refractivity contribution >= 4 is 11.6 Å². The second-order valence-electron chi connectivity index (χ2n) is 4.36. The first-order valence-electron chi connectivity index (χ1n) is 6.17. The fraction of sp³-hybridized carbons (Fsp3) is 1.00. The van der Waals surface area contributed by atoms with E-state index >= 15 is 0 Å². The Bertz CT molecular complexity index is 153. The van der Waals surface area contributed by atoms with E-state index in [0.717, 1.165) is 24.9 Å². The lowest BCUT2D eigenvalue weighted by molar-refractivity contribution is 0.133. The molecular formula is C12H24ClNO. The minimum absolute atomic E-state index is 0.749. The highest BCUT2D eigenvalue weighted by Crippen LogP contribution is 2.20. The Labute approximate surface area is 98.9 Å². The molecule has 1 saturated heterocycles. The zero-order valence-electron chi connectivity index (χ0n) is 9.88. The number of ether oxygens (including phenoxy) is 1. The van der Waals surface area contributed by atoms with Gasteiger partial charge in [0, 0.05) is 25.6 Å². The summed E-state index contributed by atoms with van der Waals surface area (Å²) < 4.78 is 5.07. The van der Waals surface area contributed by atoms with Gasteiger partial charge in [-0.25, -0.2) is 0 Å². The summed E-state index contributed by atoms with van der Waals surface area (Å²) in [5.74, 6) is 0.805. The minimum atomic E-state index is 0.749. The number of hydrogen-bond donors (Lipinski definition) is 0. The number of unbranched alkanes of at least 4 members (excludes halogenated alkanes) is 1. The fourth-order valence-corrected chi connectivity index (χ4v) is 2.62. The van der Waals surface area contributed by atoms with Crippen molar-refractivity contribution < 1.29 is 4.74 Å². The summed E-state index contributed by atoms with van der Waals surface area (Å²) in [6, 6.07) is 0.749. The van der Waals surface area contributed by atoms with Gasteiger partial charge in [0.25, 0.3) is 0 Å². The van der Waals surface area contributed by atoms with Crippen molar-refractivity contribution in [3.63, 3.8) is 0 Å². The quantitative estimate of drug-likeness (QED) is 0.495. The average Bonchev–Trinajstić information content (AvgIpc) is 2.27. The molecule has 0 aliphatic carbocycles. The monoisotopic (exact) mass is 233 g/mol. The number of likely N-dealkylation sites (tertiary alicyclic amines) is 1. The molecule has 1 aliphatic heterocycles. The van der Waals surface area contributed by atoms with Crippen LogP contribution in [0.4, 0.5) is 0 Å². The summed E-state index contributed by atoms with van der Waals surface area (Å²) in [7, 11) is 1.77. The first kappa shape index (κ1) is 13.3. The van der Waals surface area contributed by atoms with Gasteiger partial charge >= 0.3 is 0 Å². The van der Waals surface area contributed by atoms with Gasteiger partial charge in [0.2, 0.25) is 0 Å². The fourth-order valence-electron chi connectivity index (χ4n) is 2.37. The molecule has 0 aromatic heterocycles. The number of methoxy groups -OCH3 is 1. The maximum absolute atomic E-state index is 5.84. The van der Waals surface area contributed by atoms with Crippen LogP contribution in [-0.2, 0) is 4.74 Å². The molecule has 90 valence electrons. The van der Waals surface area contributed by atoms with Crippen molar-refractivity contribution in [2.24, 2.45) is 0 Å². The van der Waals surface area contributed by atoms with Crippen LogP contribution >= 0.6 is 11.6 Å². The molecule has 1 fully saturated rings. The molecule has 0 amide bonds. The largest absolute Gasteiger partial charge is 0.385 e. The van der Waals surface area contributed by atoms with E-state index < -0.39 is 0 Å². The average molecular weight is 234 g/mol. The van der Waals surface area contributed by atoms with Gasteiger partial charge < -0.3 is 9.64 Å². The van der Waals surface area contributed by atoms with Crippen LogP contribution < -0.4 is 0 Å². The van der Waals surface area contributed by atoms with E-state index in [9.17, 15) is 0 Å². The molecule has 0 spiro atoms. The molecule has 0 aromatic rings. The van der Waals surface area contributed by atoms with Crippen LogP contribution in [-0.4, -0.2) is 43.6 Å². The number of halogens is 1. The van der Waals surface area contributed by atoms with E-state index in [-0.39, 0.29) is 0 Å². The summed E-state index contributed by atoms with van der Waals surface area (Å²) in [5.41, 5.74) is 0. The zero-order valence-corrected chi connectivity index (χ0v) is 10.6. The normalized spacial score (nSPS) is 23.2. The number of rotatable bonds is 7. The first-order valence-corrected chi connectivity index (χ1v) is 6.71. The minimum Gasteiger partial charge on any atom is -0.385 e. The zero-order chi connectivity index (χ0) is 10.9. The summed E-state index contributed by atoms with van der Waals surface area (Å²) in [6.45, 7) is 3.40. The van der Waals surface area contributed by atoms with E-state index in [1.165, 1.54) is 45.2 Å². The predicted octanol–water partition coefficient (Wildman–Crippen LogP) is 2.90. The van der Waals surface area contributed by atoms with E-state index in [4.69, 9.17) is 16.3 Å². The molecule has 15 heavy (non-hydrogen) atoms. The number of nitrogens with zero attached hydrogens (tertiary/aromatic N) is 1. The maximum Gasteiger partial charge on any atom is 0.0462 e. The third-order valence-corrected chi connectivity index (χ3v) is 3.45. The molecule has 1 heterocycles. The Morgan fingerprint density at radius 3 is 2.93 bits per heavy atom. The number of hydrogen-bond acceptors (Lipinski definition) is 2. The molecule has 0 bridgehead atoms. The van der Waals surface area contributed by atoms with Gasteiger partial charge in [0.05, 0.1) is 0 Å². The Balaban J connectivity index is 2.17. The molecule has 0 aromatic carbocycles. The second-order valence-corrected chi connectivity index (χ2v) is 4.74. The molecule has 1 rings (SSSR count). The van der Waals surface area contributed by atoms with Crippen molar-refractivity contribution in [3.05, 3.63) is 0 Å². The highest BCUT2D eigenvalue weighted by molar-refractivity contribution is 6.17. The van der Waals surface area contributed by atoms with Crippen LogP contribution in [0.2, 0.25) is 0 Å². The second kappa shape index (κ2) is 8.37. The molecule has 1 unspecified atom stereocenters. The van der Waals surface area contributed by atoms with Gasteiger partial charge in [-0.2, -0.15) is 0 Å². The molecule has 0 radical (unpaired) electrons. The Morgan fingerprint density at radius 2 is 2.20 bits per heavy atom. The lowest BCUT2D eigenvalue weighted by Gasteiger charge is -2.35. The lowest BCUT2D eigenvalue weighted by atomic mass is 9.99. The standard InChI is InChI=1S/C12H24ClNO/c1-15-11-5-4-10-14-9-3-2-6-12(14)7-8-13/h12H,2-11H2,1H3. The van der Waals surface area contributed by atoms with Gasteiger partial charge in [-0.3, -0.25) is 0 Å². The topological polar surface area (TPSA) is 12.5 Å². The van der Waals surface area contributed by atoms with Crippen LogP contribution in [0.1, 0.15) is 38.5 Å². The SMILES string of the molecule is COCCCCN1CCCCC1CCCl. The predicted molar refractivity (Wildman–Crippen MR) is 65.7 cm³/mol. The van der Waals surface area contributed by atoms with Crippen LogP contribution in [0.5, 0.6) is 0 Å². The molecule has 3 heteroatoms. The number of alkyl halides is 1. The van der Waals surface area contributed by atoms with Crippen LogP contribution in [0, 0.1) is 0 Å². The van der Waals surface area contributed by atoms with Gasteiger partial charge in [-0.15, -0.1) is 11.6 Å². The van der Waals surface area contributed by atoms with Gasteiger partial charge in [-0.1, -0.05) is 6.42 Å². The number of piperidine rings is 1. The van der Waals surface area contributed by atoms with E-state index in [0.29, 0.717) is 0 Å². The van der Waals surface area contributed by atoms with E-state index in [1.807, 2.05) is 0 Å². The third kappa shape index (κ3) is 5.19. The van der Waals surface area contributed by atoms with Crippen molar-refractivity contribution in [2.45, 2.75) is 44.6 Å². The van der Waals surface area contributed by atoms with Crippen LogP contribution in [0.3, 0.4) is 0 Å².